The van der Waals surface area contributed by atoms with Crippen LogP contribution < -0.4 is 0 Å². The van der Waals surface area contributed by atoms with Crippen molar-refractivity contribution in [1.82, 2.24) is 4.31 Å². The number of hydrogen-bond acceptors (Lipinski definition) is 3. The van der Waals surface area contributed by atoms with Gasteiger partial charge in [0.1, 0.15) is 11.3 Å². The van der Waals surface area contributed by atoms with Crippen LogP contribution in [0.4, 0.5) is 0 Å². The van der Waals surface area contributed by atoms with E-state index in [4.69, 9.17) is 4.42 Å². The predicted molar refractivity (Wildman–Crippen MR) is 96.1 cm³/mol. The fourth-order valence-electron chi connectivity index (χ4n) is 2.82. The Labute approximate surface area is 142 Å². The topological polar surface area (TPSA) is 50.5 Å². The molecule has 0 amide bonds. The van der Waals surface area contributed by atoms with Crippen LogP contribution in [-0.2, 0) is 28.7 Å². The Balaban J connectivity index is 1.88. The Morgan fingerprint density at radius 3 is 2.38 bits per heavy atom. The first-order valence-corrected chi connectivity index (χ1v) is 9.59. The molecule has 0 N–H and O–H groups in total. The van der Waals surface area contributed by atoms with E-state index in [0.29, 0.717) is 6.54 Å². The molecule has 1 heterocycles. The molecule has 126 valence electrons. The van der Waals surface area contributed by atoms with Crippen LogP contribution in [0.25, 0.3) is 11.0 Å². The first-order chi connectivity index (χ1) is 11.5. The van der Waals surface area contributed by atoms with E-state index in [-0.39, 0.29) is 5.75 Å². The molecular formula is C19H21NO3S. The Morgan fingerprint density at radius 1 is 1.00 bits per heavy atom. The molecule has 0 spiro atoms. The molecule has 3 rings (SSSR count). The van der Waals surface area contributed by atoms with E-state index in [9.17, 15) is 8.42 Å². The van der Waals surface area contributed by atoms with Gasteiger partial charge in [-0.15, -0.1) is 0 Å². The molecule has 1 aromatic heterocycles. The maximum absolute atomic E-state index is 12.7. The lowest BCUT2D eigenvalue weighted by Gasteiger charge is -2.17. The van der Waals surface area contributed by atoms with Gasteiger partial charge in [-0.1, -0.05) is 55.5 Å². The third-order valence-electron chi connectivity index (χ3n) is 4.15. The molecule has 0 saturated heterocycles. The molecule has 0 radical (unpaired) electrons. The van der Waals surface area contributed by atoms with Crippen molar-refractivity contribution in [3.05, 3.63) is 71.5 Å². The maximum Gasteiger partial charge on any atom is 0.218 e. The highest BCUT2D eigenvalue weighted by Crippen LogP contribution is 2.28. The summed E-state index contributed by atoms with van der Waals surface area (Å²) in [6.07, 6.45) is 0.733. The van der Waals surface area contributed by atoms with Gasteiger partial charge in [0.25, 0.3) is 0 Å². The summed E-state index contributed by atoms with van der Waals surface area (Å²) in [7, 11) is -1.77. The molecule has 3 aromatic rings. The van der Waals surface area contributed by atoms with Gasteiger partial charge in [-0.05, 0) is 11.6 Å². The number of furan rings is 1. The fourth-order valence-corrected chi connectivity index (χ4v) is 3.98. The normalized spacial score (nSPS) is 12.1. The molecule has 2 aromatic carbocycles. The summed E-state index contributed by atoms with van der Waals surface area (Å²) in [5, 5.41) is 0.983. The van der Waals surface area contributed by atoms with Crippen molar-refractivity contribution in [1.29, 1.82) is 0 Å². The molecule has 0 aliphatic rings. The highest BCUT2D eigenvalue weighted by molar-refractivity contribution is 7.88. The van der Waals surface area contributed by atoms with E-state index < -0.39 is 10.0 Å². The zero-order valence-electron chi connectivity index (χ0n) is 13.9. The molecule has 0 atom stereocenters. The van der Waals surface area contributed by atoms with E-state index in [1.807, 2.05) is 61.5 Å². The second kappa shape index (κ2) is 6.79. The number of rotatable bonds is 6. The number of fused-ring (bicyclic) bond motifs is 1. The molecule has 0 unspecified atom stereocenters. The van der Waals surface area contributed by atoms with E-state index in [1.165, 1.54) is 4.31 Å². The van der Waals surface area contributed by atoms with Gasteiger partial charge in [0.2, 0.25) is 10.0 Å². The van der Waals surface area contributed by atoms with Crippen molar-refractivity contribution in [2.75, 3.05) is 7.05 Å². The summed E-state index contributed by atoms with van der Waals surface area (Å²) in [5.41, 5.74) is 2.54. The van der Waals surface area contributed by atoms with Crippen LogP contribution in [0.3, 0.4) is 0 Å². The lowest BCUT2D eigenvalue weighted by Crippen LogP contribution is -2.28. The number of aryl methyl sites for hydroxylation is 1. The lowest BCUT2D eigenvalue weighted by atomic mass is 10.1. The highest BCUT2D eigenvalue weighted by Gasteiger charge is 2.22. The number of hydrogen-bond donors (Lipinski definition) is 0. The second-order valence-corrected chi connectivity index (χ2v) is 7.93. The summed E-state index contributed by atoms with van der Waals surface area (Å²) >= 11 is 0. The standard InChI is InChI=1S/C19H21NO3S/c1-3-18-17(16-11-7-8-12-19(16)23-18)13-20(2)24(21,22)14-15-9-5-4-6-10-15/h4-12H,3,13-14H2,1-2H3. The zero-order chi connectivity index (χ0) is 17.2. The smallest absolute Gasteiger partial charge is 0.218 e. The van der Waals surface area contributed by atoms with Crippen molar-refractivity contribution >= 4 is 21.0 Å². The van der Waals surface area contributed by atoms with E-state index in [1.54, 1.807) is 7.05 Å². The third-order valence-corrected chi connectivity index (χ3v) is 5.93. The number of para-hydroxylation sites is 1. The summed E-state index contributed by atoms with van der Waals surface area (Å²) < 4.78 is 32.6. The van der Waals surface area contributed by atoms with E-state index in [0.717, 1.165) is 34.3 Å². The number of sulfonamides is 1. The molecule has 5 heteroatoms. The van der Waals surface area contributed by atoms with E-state index >= 15 is 0 Å². The molecule has 0 saturated carbocycles. The first kappa shape index (κ1) is 16.7. The van der Waals surface area contributed by atoms with Gasteiger partial charge in [0, 0.05) is 31.0 Å². The van der Waals surface area contributed by atoms with Crippen molar-refractivity contribution in [3.63, 3.8) is 0 Å². The number of benzene rings is 2. The molecule has 24 heavy (non-hydrogen) atoms. The van der Waals surface area contributed by atoms with Gasteiger partial charge in [-0.25, -0.2) is 12.7 Å². The molecule has 0 fully saturated rings. The second-order valence-electron chi connectivity index (χ2n) is 5.85. The minimum Gasteiger partial charge on any atom is -0.461 e. The molecular weight excluding hydrogens is 322 g/mol. The van der Waals surface area contributed by atoms with Crippen LogP contribution in [0.1, 0.15) is 23.8 Å². The first-order valence-electron chi connectivity index (χ1n) is 7.98. The van der Waals surface area contributed by atoms with Gasteiger partial charge in [-0.2, -0.15) is 0 Å². The minimum atomic E-state index is -3.39. The van der Waals surface area contributed by atoms with Crippen molar-refractivity contribution in [3.8, 4) is 0 Å². The number of nitrogens with zero attached hydrogens (tertiary/aromatic N) is 1. The van der Waals surface area contributed by atoms with Crippen molar-refractivity contribution in [2.24, 2.45) is 0 Å². The van der Waals surface area contributed by atoms with Gasteiger partial charge >= 0.3 is 0 Å². The lowest BCUT2D eigenvalue weighted by molar-refractivity contribution is 0.458. The van der Waals surface area contributed by atoms with Crippen molar-refractivity contribution < 1.29 is 12.8 Å². The fraction of sp³-hybridized carbons (Fsp3) is 0.263. The molecule has 4 nitrogen and oxygen atoms in total. The van der Waals surface area contributed by atoms with Crippen LogP contribution in [0.5, 0.6) is 0 Å². The monoisotopic (exact) mass is 343 g/mol. The third kappa shape index (κ3) is 3.37. The quantitative estimate of drug-likeness (QED) is 0.681. The van der Waals surface area contributed by atoms with Gasteiger partial charge < -0.3 is 4.42 Å². The van der Waals surface area contributed by atoms with Crippen LogP contribution in [0, 0.1) is 0 Å². The Kier molecular flexibility index (Phi) is 4.73. The van der Waals surface area contributed by atoms with Crippen LogP contribution in [-0.4, -0.2) is 19.8 Å². The van der Waals surface area contributed by atoms with Gasteiger partial charge in [0.05, 0.1) is 5.75 Å². The summed E-state index contributed by atoms with van der Waals surface area (Å²) in [6.45, 7) is 2.33. The maximum atomic E-state index is 12.7. The molecule has 0 aliphatic heterocycles. The average Bonchev–Trinajstić information content (AvgIpc) is 2.93. The van der Waals surface area contributed by atoms with Crippen LogP contribution >= 0.6 is 0 Å². The Morgan fingerprint density at radius 2 is 1.67 bits per heavy atom. The summed E-state index contributed by atoms with van der Waals surface area (Å²) in [6, 6.07) is 17.0. The average molecular weight is 343 g/mol. The minimum absolute atomic E-state index is 0.00157. The van der Waals surface area contributed by atoms with Crippen molar-refractivity contribution in [2.45, 2.75) is 25.6 Å². The van der Waals surface area contributed by atoms with E-state index in [2.05, 4.69) is 0 Å². The zero-order valence-corrected chi connectivity index (χ0v) is 14.7. The van der Waals surface area contributed by atoms with Crippen LogP contribution in [0.2, 0.25) is 0 Å². The molecule has 0 aliphatic carbocycles. The van der Waals surface area contributed by atoms with Crippen LogP contribution in [0.15, 0.2) is 59.0 Å². The highest BCUT2D eigenvalue weighted by atomic mass is 32.2. The Bertz CT molecular complexity index is 930. The SMILES string of the molecule is CCc1oc2ccccc2c1CN(C)S(=O)(=O)Cc1ccccc1. The summed E-state index contributed by atoms with van der Waals surface area (Å²) in [4.78, 5) is 0. The molecule has 0 bridgehead atoms. The summed E-state index contributed by atoms with van der Waals surface area (Å²) in [5.74, 6) is 0.847. The Hall–Kier alpha value is -2.11. The van der Waals surface area contributed by atoms with Gasteiger partial charge in [0.15, 0.2) is 0 Å². The largest absolute Gasteiger partial charge is 0.461 e. The predicted octanol–water partition coefficient (Wildman–Crippen LogP) is 3.96. The van der Waals surface area contributed by atoms with Gasteiger partial charge in [-0.3, -0.25) is 0 Å².